The number of aryl methyl sites for hydroxylation is 1. The van der Waals surface area contributed by atoms with Gasteiger partial charge < -0.3 is 0 Å². The van der Waals surface area contributed by atoms with Gasteiger partial charge >= 0.3 is 0 Å². The largest absolute Gasteiger partial charge is 0.0981 e. The minimum atomic E-state index is 1.14. The van der Waals surface area contributed by atoms with E-state index in [4.69, 9.17) is 0 Å². The van der Waals surface area contributed by atoms with Gasteiger partial charge in [0.05, 0.1) is 0 Å². The van der Waals surface area contributed by atoms with Crippen LogP contribution in [0.1, 0.15) is 24.8 Å². The third-order valence-electron chi connectivity index (χ3n) is 2.56. The fraction of sp³-hybridized carbons (Fsp3) is 0.286. The van der Waals surface area contributed by atoms with Crippen LogP contribution in [0.4, 0.5) is 0 Å². The monoisotopic (exact) mass is 216 g/mol. The summed E-state index contributed by atoms with van der Waals surface area (Å²) in [5, 5.41) is 2.31. The molecule has 0 saturated heterocycles. The van der Waals surface area contributed by atoms with Crippen molar-refractivity contribution in [2.24, 2.45) is 0 Å². The Kier molecular flexibility index (Phi) is 3.68. The molecule has 0 spiro atoms. The van der Waals surface area contributed by atoms with Crippen molar-refractivity contribution in [2.45, 2.75) is 31.1 Å². The maximum Gasteiger partial charge on any atom is 0.0116 e. The Labute approximate surface area is 96.1 Å². The Bertz CT molecular complexity index is 371. The van der Waals surface area contributed by atoms with E-state index < -0.39 is 0 Å². The number of allylic oxidation sites excluding steroid dienone is 3. The minimum Gasteiger partial charge on any atom is -0.0981 e. The van der Waals surface area contributed by atoms with Crippen molar-refractivity contribution < 1.29 is 0 Å². The Balaban J connectivity index is 1.97. The average Bonchev–Trinajstić information content (AvgIpc) is 2.30. The van der Waals surface area contributed by atoms with E-state index in [0.29, 0.717) is 0 Å². The van der Waals surface area contributed by atoms with E-state index in [0.717, 1.165) is 6.42 Å². The van der Waals surface area contributed by atoms with Gasteiger partial charge in [-0.25, -0.2) is 0 Å². The topological polar surface area (TPSA) is 0 Å². The lowest BCUT2D eigenvalue weighted by Gasteiger charge is -2.07. The second kappa shape index (κ2) is 5.22. The Morgan fingerprint density at radius 3 is 2.60 bits per heavy atom. The van der Waals surface area contributed by atoms with E-state index >= 15 is 0 Å². The molecule has 0 bridgehead atoms. The Morgan fingerprint density at radius 2 is 1.93 bits per heavy atom. The van der Waals surface area contributed by atoms with Crippen molar-refractivity contribution in [3.63, 3.8) is 0 Å². The summed E-state index contributed by atoms with van der Waals surface area (Å²) in [5.41, 5.74) is 2.88. The molecule has 0 fully saturated rings. The molecule has 1 aromatic rings. The lowest BCUT2D eigenvalue weighted by Crippen LogP contribution is -1.85. The molecule has 1 aliphatic carbocycles. The summed E-state index contributed by atoms with van der Waals surface area (Å²) < 4.78 is 0. The fourth-order valence-corrected chi connectivity index (χ4v) is 2.41. The highest BCUT2D eigenvalue weighted by molar-refractivity contribution is 8.02. The first-order chi connectivity index (χ1) is 7.34. The smallest absolute Gasteiger partial charge is 0.0116 e. The molecular weight excluding hydrogens is 200 g/mol. The molecule has 2 rings (SSSR count). The maximum absolute atomic E-state index is 2.31. The van der Waals surface area contributed by atoms with Gasteiger partial charge in [0.15, 0.2) is 0 Å². The molecule has 1 aromatic carbocycles. The van der Waals surface area contributed by atoms with Crippen LogP contribution < -0.4 is 0 Å². The molecule has 0 aliphatic heterocycles. The number of benzene rings is 1. The van der Waals surface area contributed by atoms with E-state index in [1.807, 2.05) is 11.8 Å². The molecule has 0 aromatic heterocycles. The van der Waals surface area contributed by atoms with Gasteiger partial charge in [-0.15, -0.1) is 0 Å². The molecule has 1 heteroatoms. The summed E-state index contributed by atoms with van der Waals surface area (Å²) in [5.74, 6) is 0. The molecule has 0 nitrogen and oxygen atoms in total. The normalized spacial score (nSPS) is 18.3. The van der Waals surface area contributed by atoms with Crippen LogP contribution >= 0.6 is 11.8 Å². The molecule has 0 N–H and O–H groups in total. The van der Waals surface area contributed by atoms with Crippen LogP contribution in [-0.2, 0) is 0 Å². The number of hydrogen-bond acceptors (Lipinski definition) is 1. The van der Waals surface area contributed by atoms with E-state index in [1.54, 1.807) is 5.57 Å². The molecule has 15 heavy (non-hydrogen) atoms. The van der Waals surface area contributed by atoms with Gasteiger partial charge in [0, 0.05) is 4.90 Å². The zero-order valence-corrected chi connectivity index (χ0v) is 9.89. The van der Waals surface area contributed by atoms with E-state index in [-0.39, 0.29) is 0 Å². The third-order valence-corrected chi connectivity index (χ3v) is 3.56. The van der Waals surface area contributed by atoms with Gasteiger partial charge in [0.2, 0.25) is 0 Å². The van der Waals surface area contributed by atoms with Crippen LogP contribution in [-0.4, -0.2) is 0 Å². The summed E-state index contributed by atoms with van der Waals surface area (Å²) in [6, 6.07) is 8.72. The molecule has 0 saturated carbocycles. The maximum atomic E-state index is 2.31. The predicted octanol–water partition coefficient (Wildman–Crippen LogP) is 4.71. The van der Waals surface area contributed by atoms with Crippen molar-refractivity contribution in [3.05, 3.63) is 53.0 Å². The van der Waals surface area contributed by atoms with Gasteiger partial charge in [0.25, 0.3) is 0 Å². The zero-order valence-electron chi connectivity index (χ0n) is 9.07. The standard InChI is InChI=1S/C14H16S/c1-12-7-9-14(10-8-12)15-11-13-5-3-2-4-6-13/h2-3,7-11H,4-6H2,1H3. The summed E-state index contributed by atoms with van der Waals surface area (Å²) >= 11 is 1.84. The van der Waals surface area contributed by atoms with Crippen molar-refractivity contribution in [3.8, 4) is 0 Å². The van der Waals surface area contributed by atoms with Gasteiger partial charge in [-0.3, -0.25) is 0 Å². The molecule has 0 heterocycles. The second-order valence-electron chi connectivity index (χ2n) is 3.92. The van der Waals surface area contributed by atoms with Gasteiger partial charge in [-0.1, -0.05) is 47.2 Å². The van der Waals surface area contributed by atoms with Crippen molar-refractivity contribution in [2.75, 3.05) is 0 Å². The predicted molar refractivity (Wildman–Crippen MR) is 68.1 cm³/mol. The van der Waals surface area contributed by atoms with Crippen molar-refractivity contribution >= 4 is 11.8 Å². The zero-order chi connectivity index (χ0) is 10.5. The first-order valence-electron chi connectivity index (χ1n) is 5.41. The summed E-state index contributed by atoms with van der Waals surface area (Å²) in [7, 11) is 0. The first-order valence-corrected chi connectivity index (χ1v) is 6.29. The fourth-order valence-electron chi connectivity index (χ4n) is 1.60. The Hall–Kier alpha value is -0.950. The van der Waals surface area contributed by atoms with Crippen LogP contribution in [0.15, 0.2) is 52.3 Å². The quantitative estimate of drug-likeness (QED) is 0.509. The van der Waals surface area contributed by atoms with E-state index in [9.17, 15) is 0 Å². The summed E-state index contributed by atoms with van der Waals surface area (Å²) in [6.07, 6.45) is 8.12. The number of thioether (sulfide) groups is 1. The second-order valence-corrected chi connectivity index (χ2v) is 4.86. The van der Waals surface area contributed by atoms with Crippen molar-refractivity contribution in [1.82, 2.24) is 0 Å². The van der Waals surface area contributed by atoms with Crippen LogP contribution in [0.3, 0.4) is 0 Å². The lowest BCUT2D eigenvalue weighted by molar-refractivity contribution is 0.904. The van der Waals surface area contributed by atoms with Crippen LogP contribution in [0, 0.1) is 6.92 Å². The summed E-state index contributed by atoms with van der Waals surface area (Å²) in [6.45, 7) is 2.12. The van der Waals surface area contributed by atoms with Crippen LogP contribution in [0.2, 0.25) is 0 Å². The Morgan fingerprint density at radius 1 is 1.13 bits per heavy atom. The highest BCUT2D eigenvalue weighted by Crippen LogP contribution is 2.25. The van der Waals surface area contributed by atoms with Crippen LogP contribution in [0.5, 0.6) is 0 Å². The first kappa shape index (κ1) is 10.6. The molecule has 0 atom stereocenters. The molecule has 0 unspecified atom stereocenters. The lowest BCUT2D eigenvalue weighted by atomic mass is 10.0. The highest BCUT2D eigenvalue weighted by Gasteiger charge is 1.99. The van der Waals surface area contributed by atoms with Gasteiger partial charge in [-0.05, 0) is 43.7 Å². The highest BCUT2D eigenvalue weighted by atomic mass is 32.2. The van der Waals surface area contributed by atoms with Crippen molar-refractivity contribution in [1.29, 1.82) is 0 Å². The minimum absolute atomic E-state index is 1.14. The molecule has 78 valence electrons. The third kappa shape index (κ3) is 3.28. The number of hydrogen-bond donors (Lipinski definition) is 0. The van der Waals surface area contributed by atoms with Gasteiger partial charge in [-0.2, -0.15) is 0 Å². The molecular formula is C14H16S. The molecule has 0 amide bonds. The van der Waals surface area contributed by atoms with Crippen LogP contribution in [0.25, 0.3) is 0 Å². The molecule has 0 radical (unpaired) electrons. The summed E-state index contributed by atoms with van der Waals surface area (Å²) in [4.78, 5) is 1.34. The number of rotatable bonds is 2. The van der Waals surface area contributed by atoms with E-state index in [2.05, 4.69) is 48.7 Å². The van der Waals surface area contributed by atoms with E-state index in [1.165, 1.54) is 23.3 Å². The molecule has 1 aliphatic rings. The SMILES string of the molecule is Cc1ccc(SC=C2CC=CCC2)cc1. The average molecular weight is 216 g/mol. The van der Waals surface area contributed by atoms with Gasteiger partial charge in [0.1, 0.15) is 0 Å².